The van der Waals surface area contributed by atoms with Gasteiger partial charge >= 0.3 is 19.8 Å². The second-order valence-corrected chi connectivity index (χ2v) is 18.0. The summed E-state index contributed by atoms with van der Waals surface area (Å²) in [5.74, 6) is -0.924. The van der Waals surface area contributed by atoms with Crippen LogP contribution in [0.5, 0.6) is 0 Å². The van der Waals surface area contributed by atoms with Crippen molar-refractivity contribution in [3.63, 3.8) is 0 Å². The highest BCUT2D eigenvalue weighted by Crippen LogP contribution is 2.36. The van der Waals surface area contributed by atoms with Crippen molar-refractivity contribution in [2.75, 3.05) is 13.2 Å². The van der Waals surface area contributed by atoms with Gasteiger partial charge in [0.1, 0.15) is 6.61 Å². The molecule has 0 spiro atoms. The molecule has 2 N–H and O–H groups in total. The van der Waals surface area contributed by atoms with Gasteiger partial charge in [-0.15, -0.1) is 0 Å². The smallest absolute Gasteiger partial charge is 0.462 e. The van der Waals surface area contributed by atoms with Gasteiger partial charge in [0.25, 0.3) is 0 Å². The van der Waals surface area contributed by atoms with Crippen molar-refractivity contribution in [3.05, 3.63) is 24.3 Å². The molecule has 58 heavy (non-hydrogen) atoms. The number of rotatable bonds is 46. The van der Waals surface area contributed by atoms with Crippen molar-refractivity contribution in [1.29, 1.82) is 0 Å². The molecule has 0 aromatic carbocycles. The lowest BCUT2D eigenvalue weighted by molar-refractivity contribution is -0.161. The highest BCUT2D eigenvalue weighted by Gasteiger charge is 2.22. The number of phosphoric ester groups is 1. The minimum Gasteiger partial charge on any atom is -0.462 e. The molecule has 9 heteroatoms. The number of carbonyl (C=O) groups is 2. The number of unbranched alkanes of at least 4 members (excludes halogenated alkanes) is 32. The molecular weight excluding hydrogens is 748 g/mol. The van der Waals surface area contributed by atoms with Gasteiger partial charge in [-0.3, -0.25) is 14.1 Å². The zero-order valence-corrected chi connectivity index (χ0v) is 38.9. The zero-order chi connectivity index (χ0) is 42.5. The van der Waals surface area contributed by atoms with Crippen LogP contribution >= 0.6 is 7.82 Å². The Kier molecular flexibility index (Phi) is 43.9. The molecule has 0 saturated heterocycles. The van der Waals surface area contributed by atoms with E-state index in [0.29, 0.717) is 6.42 Å². The van der Waals surface area contributed by atoms with E-state index in [1.807, 2.05) is 0 Å². The SMILES string of the molecule is CCCCCCCCCCC/C=C/C/C=C/CCCC(=O)O[C@H](COC(=O)CCCCCCCCCCCCCCCCCCCCCCCCC)COP(=O)(O)O. The summed E-state index contributed by atoms with van der Waals surface area (Å²) in [6, 6.07) is 0. The average Bonchev–Trinajstić information content (AvgIpc) is 3.20. The van der Waals surface area contributed by atoms with Crippen LogP contribution in [0.4, 0.5) is 0 Å². The summed E-state index contributed by atoms with van der Waals surface area (Å²) in [6.07, 6.45) is 53.5. The maximum absolute atomic E-state index is 12.4. The fourth-order valence-corrected chi connectivity index (χ4v) is 7.66. The molecule has 0 amide bonds. The van der Waals surface area contributed by atoms with Crippen LogP contribution in [0.25, 0.3) is 0 Å². The van der Waals surface area contributed by atoms with Gasteiger partial charge < -0.3 is 19.3 Å². The topological polar surface area (TPSA) is 119 Å². The lowest BCUT2D eigenvalue weighted by Crippen LogP contribution is -2.29. The highest BCUT2D eigenvalue weighted by atomic mass is 31.2. The predicted molar refractivity (Wildman–Crippen MR) is 244 cm³/mol. The van der Waals surface area contributed by atoms with Crippen molar-refractivity contribution >= 4 is 19.8 Å². The minimum atomic E-state index is -4.77. The van der Waals surface area contributed by atoms with Crippen LogP contribution in [-0.4, -0.2) is 41.0 Å². The van der Waals surface area contributed by atoms with Crippen LogP contribution in [0.3, 0.4) is 0 Å². The Balaban J connectivity index is 3.83. The lowest BCUT2D eigenvalue weighted by atomic mass is 10.0. The van der Waals surface area contributed by atoms with E-state index in [2.05, 4.69) is 42.7 Å². The summed E-state index contributed by atoms with van der Waals surface area (Å²) in [5, 5.41) is 0. The molecule has 0 aliphatic heterocycles. The standard InChI is InChI=1S/C49H93O8P/c1-3-5-7-9-11-13-15-17-19-21-22-23-24-25-26-28-29-31-33-35-37-39-41-43-48(50)55-45-47(46-56-58(52,53)54)57-49(51)44-42-40-38-36-34-32-30-27-20-18-16-14-12-10-8-6-4-2/h30,32,36,38,47H,3-29,31,33-35,37,39-46H2,1-2H3,(H2,52,53,54)/b32-30+,38-36+/t47-/m1/s1. The third-order valence-electron chi connectivity index (χ3n) is 11.0. The second kappa shape index (κ2) is 45.1. The Morgan fingerprint density at radius 3 is 1.19 bits per heavy atom. The molecule has 8 nitrogen and oxygen atoms in total. The highest BCUT2D eigenvalue weighted by molar-refractivity contribution is 7.46. The molecule has 0 radical (unpaired) electrons. The summed E-state index contributed by atoms with van der Waals surface area (Å²) in [5.41, 5.74) is 0. The fourth-order valence-electron chi connectivity index (χ4n) is 7.30. The van der Waals surface area contributed by atoms with E-state index in [1.165, 1.54) is 186 Å². The van der Waals surface area contributed by atoms with Crippen molar-refractivity contribution in [2.45, 2.75) is 264 Å². The molecule has 0 saturated carbocycles. The van der Waals surface area contributed by atoms with Crippen LogP contribution in [0.2, 0.25) is 0 Å². The van der Waals surface area contributed by atoms with Crippen molar-refractivity contribution < 1.29 is 37.9 Å². The van der Waals surface area contributed by atoms with Gasteiger partial charge in [-0.25, -0.2) is 4.57 Å². The molecule has 0 fully saturated rings. The van der Waals surface area contributed by atoms with Gasteiger partial charge in [0.15, 0.2) is 6.10 Å². The third-order valence-corrected chi connectivity index (χ3v) is 11.5. The molecule has 0 aromatic rings. The molecule has 1 atom stereocenters. The first-order chi connectivity index (χ1) is 28.3. The van der Waals surface area contributed by atoms with Crippen LogP contribution in [0.1, 0.15) is 258 Å². The Morgan fingerprint density at radius 1 is 0.448 bits per heavy atom. The van der Waals surface area contributed by atoms with Gasteiger partial charge in [0, 0.05) is 12.8 Å². The molecule has 0 heterocycles. The molecule has 342 valence electrons. The lowest BCUT2D eigenvalue weighted by Gasteiger charge is -2.18. The second-order valence-electron chi connectivity index (χ2n) is 16.8. The van der Waals surface area contributed by atoms with Gasteiger partial charge in [-0.05, 0) is 38.5 Å². The Morgan fingerprint density at radius 2 is 0.793 bits per heavy atom. The number of hydrogen-bond donors (Lipinski definition) is 2. The normalized spacial score (nSPS) is 12.6. The van der Waals surface area contributed by atoms with Crippen LogP contribution in [0, 0.1) is 0 Å². The maximum Gasteiger partial charge on any atom is 0.469 e. The van der Waals surface area contributed by atoms with E-state index in [1.54, 1.807) is 0 Å². The summed E-state index contributed by atoms with van der Waals surface area (Å²) in [7, 11) is -4.77. The van der Waals surface area contributed by atoms with Crippen molar-refractivity contribution in [3.8, 4) is 0 Å². The van der Waals surface area contributed by atoms with E-state index in [-0.39, 0.29) is 19.4 Å². The van der Waals surface area contributed by atoms with Crippen LogP contribution in [-0.2, 0) is 28.2 Å². The Hall–Kier alpha value is -1.47. The first-order valence-electron chi connectivity index (χ1n) is 24.6. The monoisotopic (exact) mass is 841 g/mol. The van der Waals surface area contributed by atoms with Crippen molar-refractivity contribution in [1.82, 2.24) is 0 Å². The van der Waals surface area contributed by atoms with E-state index < -0.39 is 32.5 Å². The first-order valence-corrected chi connectivity index (χ1v) is 26.2. The van der Waals surface area contributed by atoms with Crippen molar-refractivity contribution in [2.24, 2.45) is 0 Å². The number of esters is 2. The summed E-state index contributed by atoms with van der Waals surface area (Å²) < 4.78 is 26.4. The first kappa shape index (κ1) is 56.5. The van der Waals surface area contributed by atoms with Gasteiger partial charge in [0.05, 0.1) is 6.61 Å². The molecule has 0 aliphatic rings. The molecule has 0 aliphatic carbocycles. The minimum absolute atomic E-state index is 0.151. The molecule has 0 aromatic heterocycles. The predicted octanol–water partition coefficient (Wildman–Crippen LogP) is 15.5. The quantitative estimate of drug-likeness (QED) is 0.0269. The average molecular weight is 841 g/mol. The number of hydrogen-bond acceptors (Lipinski definition) is 6. The zero-order valence-electron chi connectivity index (χ0n) is 38.0. The maximum atomic E-state index is 12.4. The van der Waals surface area contributed by atoms with E-state index in [4.69, 9.17) is 19.3 Å². The van der Waals surface area contributed by atoms with Gasteiger partial charge in [-0.1, -0.05) is 231 Å². The largest absolute Gasteiger partial charge is 0.469 e. The van der Waals surface area contributed by atoms with Crippen LogP contribution < -0.4 is 0 Å². The number of ether oxygens (including phenoxy) is 2. The fraction of sp³-hybridized carbons (Fsp3) is 0.878. The van der Waals surface area contributed by atoms with E-state index >= 15 is 0 Å². The molecular formula is C49H93O8P. The third kappa shape index (κ3) is 47.2. The summed E-state index contributed by atoms with van der Waals surface area (Å²) in [6.45, 7) is 3.69. The van der Waals surface area contributed by atoms with Crippen LogP contribution in [0.15, 0.2) is 24.3 Å². The summed E-state index contributed by atoms with van der Waals surface area (Å²) in [4.78, 5) is 43.0. The number of phosphoric acid groups is 1. The van der Waals surface area contributed by atoms with E-state index in [0.717, 1.165) is 38.5 Å². The van der Waals surface area contributed by atoms with Gasteiger partial charge in [0.2, 0.25) is 0 Å². The number of carbonyl (C=O) groups excluding carboxylic acids is 2. The molecule has 0 bridgehead atoms. The number of allylic oxidation sites excluding steroid dienone is 4. The van der Waals surface area contributed by atoms with Gasteiger partial charge in [-0.2, -0.15) is 0 Å². The Labute approximate surface area is 358 Å². The molecule has 0 unspecified atom stereocenters. The summed E-state index contributed by atoms with van der Waals surface area (Å²) >= 11 is 0. The molecule has 0 rings (SSSR count). The Bertz CT molecular complexity index is 993. The van der Waals surface area contributed by atoms with E-state index in [9.17, 15) is 14.2 Å².